The fourth-order valence-corrected chi connectivity index (χ4v) is 1.05. The first kappa shape index (κ1) is 17.2. The molecule has 0 heterocycles. The molecule has 0 N–H and O–H groups in total. The third-order valence-corrected chi connectivity index (χ3v) is 1.71. The zero-order valence-corrected chi connectivity index (χ0v) is 12.2. The lowest BCUT2D eigenvalue weighted by Gasteiger charge is -2.21. The van der Waals surface area contributed by atoms with Gasteiger partial charge in [-0.3, -0.25) is 9.59 Å². The molecule has 0 aromatic carbocycles. The van der Waals surface area contributed by atoms with Gasteiger partial charge >= 0.3 is 17.9 Å². The lowest BCUT2D eigenvalue weighted by molar-refractivity contribution is -0.159. The average Bonchev–Trinajstić information content (AvgIpc) is 2.19. The Kier molecular flexibility index (Phi) is 6.24. The van der Waals surface area contributed by atoms with Crippen molar-refractivity contribution in [1.82, 2.24) is 0 Å². The summed E-state index contributed by atoms with van der Waals surface area (Å²) in [6, 6.07) is 0. The van der Waals surface area contributed by atoms with Gasteiger partial charge in [0.05, 0.1) is 0 Å². The molecular weight excluding hydrogens is 252 g/mol. The van der Waals surface area contributed by atoms with Crippen molar-refractivity contribution in [2.75, 3.05) is 6.61 Å². The molecule has 0 bridgehead atoms. The predicted molar refractivity (Wildman–Crippen MR) is 66.9 cm³/mol. The Bertz CT molecular complexity index is 400. The van der Waals surface area contributed by atoms with Gasteiger partial charge in [0.15, 0.2) is 0 Å². The zero-order valence-electron chi connectivity index (χ0n) is 12.2. The van der Waals surface area contributed by atoms with E-state index in [0.29, 0.717) is 5.57 Å². The third-order valence-electron chi connectivity index (χ3n) is 1.71. The summed E-state index contributed by atoms with van der Waals surface area (Å²) < 4.78 is 14.7. The molecule has 0 spiro atoms. The van der Waals surface area contributed by atoms with Crippen LogP contribution >= 0.6 is 0 Å². The molecule has 0 rings (SSSR count). The van der Waals surface area contributed by atoms with Gasteiger partial charge in [0.2, 0.25) is 5.76 Å². The highest BCUT2D eigenvalue weighted by Gasteiger charge is 2.24. The van der Waals surface area contributed by atoms with Gasteiger partial charge in [0.1, 0.15) is 12.2 Å². The summed E-state index contributed by atoms with van der Waals surface area (Å²) in [5.41, 5.74) is -0.413. The second kappa shape index (κ2) is 6.92. The molecular formula is C13H20O6. The van der Waals surface area contributed by atoms with E-state index in [2.05, 4.69) is 0 Å². The van der Waals surface area contributed by atoms with E-state index < -0.39 is 23.5 Å². The van der Waals surface area contributed by atoms with E-state index in [0.717, 1.165) is 0 Å². The van der Waals surface area contributed by atoms with Crippen LogP contribution in [-0.4, -0.2) is 30.1 Å². The van der Waals surface area contributed by atoms with Crippen molar-refractivity contribution < 1.29 is 28.6 Å². The van der Waals surface area contributed by atoms with Crippen molar-refractivity contribution >= 4 is 17.9 Å². The van der Waals surface area contributed by atoms with Crippen LogP contribution in [0.15, 0.2) is 11.3 Å². The molecule has 0 saturated heterocycles. The van der Waals surface area contributed by atoms with Gasteiger partial charge in [0.25, 0.3) is 0 Å². The second-order valence-corrected chi connectivity index (χ2v) is 4.99. The van der Waals surface area contributed by atoms with E-state index in [-0.39, 0.29) is 12.4 Å². The Labute approximate surface area is 112 Å². The van der Waals surface area contributed by atoms with Gasteiger partial charge in [-0.25, -0.2) is 4.79 Å². The first-order valence-corrected chi connectivity index (χ1v) is 5.78. The molecule has 0 aromatic heterocycles. The maximum absolute atomic E-state index is 11.9. The van der Waals surface area contributed by atoms with Crippen molar-refractivity contribution in [1.29, 1.82) is 0 Å². The molecule has 0 aromatic rings. The van der Waals surface area contributed by atoms with Gasteiger partial charge in [-0.1, -0.05) is 0 Å². The quantitative estimate of drug-likeness (QED) is 0.335. The number of hydrogen-bond donors (Lipinski definition) is 0. The standard InChI is InChI=1S/C13H20O6/c1-8(7-17-9(2)14)11(18-10(3)15)12(16)19-13(4,5)6/h7H2,1-6H3/b11-8+. The number of hydrogen-bond acceptors (Lipinski definition) is 6. The van der Waals surface area contributed by atoms with Gasteiger partial charge < -0.3 is 14.2 Å². The molecule has 19 heavy (non-hydrogen) atoms. The molecule has 0 saturated carbocycles. The minimum absolute atomic E-state index is 0.142. The molecule has 0 unspecified atom stereocenters. The van der Waals surface area contributed by atoms with Crippen LogP contribution in [0.3, 0.4) is 0 Å². The molecule has 0 aliphatic carbocycles. The number of carbonyl (C=O) groups excluding carboxylic acids is 3. The fraction of sp³-hybridized carbons (Fsp3) is 0.615. The topological polar surface area (TPSA) is 78.9 Å². The number of ether oxygens (including phenoxy) is 3. The van der Waals surface area contributed by atoms with E-state index in [4.69, 9.17) is 14.2 Å². The van der Waals surface area contributed by atoms with Crippen LogP contribution in [0, 0.1) is 0 Å². The number of esters is 3. The summed E-state index contributed by atoms with van der Waals surface area (Å²) in [5, 5.41) is 0. The van der Waals surface area contributed by atoms with Crippen molar-refractivity contribution in [2.45, 2.75) is 47.1 Å². The van der Waals surface area contributed by atoms with Crippen molar-refractivity contribution in [3.63, 3.8) is 0 Å². The molecule has 0 aliphatic rings. The third kappa shape index (κ3) is 7.96. The van der Waals surface area contributed by atoms with E-state index in [1.165, 1.54) is 20.8 Å². The van der Waals surface area contributed by atoms with Crippen LogP contribution in [0.5, 0.6) is 0 Å². The van der Waals surface area contributed by atoms with Crippen LogP contribution in [0.1, 0.15) is 41.5 Å². The van der Waals surface area contributed by atoms with Gasteiger partial charge in [-0.05, 0) is 27.7 Å². The lowest BCUT2D eigenvalue weighted by atomic mass is 10.2. The van der Waals surface area contributed by atoms with Crippen LogP contribution in [0.2, 0.25) is 0 Å². The summed E-state index contributed by atoms with van der Waals surface area (Å²) in [6.45, 7) is 8.87. The molecule has 0 fully saturated rings. The molecule has 0 atom stereocenters. The average molecular weight is 272 g/mol. The van der Waals surface area contributed by atoms with E-state index >= 15 is 0 Å². The highest BCUT2D eigenvalue weighted by atomic mass is 16.6. The zero-order chi connectivity index (χ0) is 15.2. The SMILES string of the molecule is CC(=O)OC/C(C)=C(/OC(C)=O)C(=O)OC(C)(C)C. The molecule has 108 valence electrons. The van der Waals surface area contributed by atoms with Gasteiger partial charge in [-0.2, -0.15) is 0 Å². The summed E-state index contributed by atoms with van der Waals surface area (Å²) in [6.07, 6.45) is 0. The largest absolute Gasteiger partial charge is 0.461 e. The van der Waals surface area contributed by atoms with Crippen LogP contribution in [0.25, 0.3) is 0 Å². The molecule has 0 aliphatic heterocycles. The van der Waals surface area contributed by atoms with E-state index in [1.807, 2.05) is 0 Å². The first-order valence-electron chi connectivity index (χ1n) is 5.78. The number of rotatable bonds is 4. The Hall–Kier alpha value is -1.85. The van der Waals surface area contributed by atoms with Gasteiger partial charge in [-0.15, -0.1) is 0 Å². The maximum atomic E-state index is 11.9. The highest BCUT2D eigenvalue weighted by molar-refractivity contribution is 5.90. The minimum Gasteiger partial charge on any atom is -0.461 e. The van der Waals surface area contributed by atoms with Crippen molar-refractivity contribution in [3.8, 4) is 0 Å². The molecule has 0 radical (unpaired) electrons. The van der Waals surface area contributed by atoms with Crippen molar-refractivity contribution in [2.24, 2.45) is 0 Å². The number of carbonyl (C=O) groups is 3. The molecule has 6 nitrogen and oxygen atoms in total. The lowest BCUT2D eigenvalue weighted by Crippen LogP contribution is -2.27. The highest BCUT2D eigenvalue weighted by Crippen LogP contribution is 2.15. The Morgan fingerprint density at radius 1 is 0.947 bits per heavy atom. The fourth-order valence-electron chi connectivity index (χ4n) is 1.05. The summed E-state index contributed by atoms with van der Waals surface area (Å²) in [5.74, 6) is -2.16. The van der Waals surface area contributed by atoms with Crippen LogP contribution in [-0.2, 0) is 28.6 Å². The Morgan fingerprint density at radius 3 is 1.84 bits per heavy atom. The summed E-state index contributed by atoms with van der Waals surface area (Å²) in [4.78, 5) is 33.6. The normalized spacial score (nSPS) is 12.3. The Morgan fingerprint density at radius 2 is 1.47 bits per heavy atom. The van der Waals surface area contributed by atoms with Crippen LogP contribution in [0.4, 0.5) is 0 Å². The second-order valence-electron chi connectivity index (χ2n) is 4.99. The minimum atomic E-state index is -0.771. The maximum Gasteiger partial charge on any atom is 0.374 e. The Balaban J connectivity index is 5.07. The van der Waals surface area contributed by atoms with Crippen molar-refractivity contribution in [3.05, 3.63) is 11.3 Å². The van der Waals surface area contributed by atoms with E-state index in [9.17, 15) is 14.4 Å². The van der Waals surface area contributed by atoms with Gasteiger partial charge in [0, 0.05) is 19.4 Å². The molecule has 6 heteroatoms. The van der Waals surface area contributed by atoms with Crippen LogP contribution < -0.4 is 0 Å². The smallest absolute Gasteiger partial charge is 0.374 e. The predicted octanol–water partition coefficient (Wildman–Crippen LogP) is 1.73. The monoisotopic (exact) mass is 272 g/mol. The molecule has 0 amide bonds. The van der Waals surface area contributed by atoms with E-state index in [1.54, 1.807) is 20.8 Å². The first-order chi connectivity index (χ1) is 8.53. The summed E-state index contributed by atoms with van der Waals surface area (Å²) >= 11 is 0. The summed E-state index contributed by atoms with van der Waals surface area (Å²) in [7, 11) is 0.